The highest BCUT2D eigenvalue weighted by atomic mass is 32.2. The van der Waals surface area contributed by atoms with Crippen molar-refractivity contribution in [2.24, 2.45) is 0 Å². The molecule has 11 heteroatoms. The van der Waals surface area contributed by atoms with E-state index in [1.165, 1.54) is 30.5 Å². The number of amides is 1. The maximum absolute atomic E-state index is 13.0. The Morgan fingerprint density at radius 2 is 1.70 bits per heavy atom. The van der Waals surface area contributed by atoms with Crippen molar-refractivity contribution in [3.05, 3.63) is 78.3 Å². The smallest absolute Gasteiger partial charge is 0.322 e. The van der Waals surface area contributed by atoms with Crippen molar-refractivity contribution in [2.45, 2.75) is 4.90 Å². The number of anilines is 2. The fourth-order valence-electron chi connectivity index (χ4n) is 2.46. The molecule has 2 N–H and O–H groups in total. The molecule has 4 rings (SSSR count). The first-order chi connectivity index (χ1) is 14.4. The van der Waals surface area contributed by atoms with E-state index >= 15 is 0 Å². The predicted molar refractivity (Wildman–Crippen MR) is 104 cm³/mol. The van der Waals surface area contributed by atoms with Crippen molar-refractivity contribution in [3.8, 4) is 11.7 Å². The van der Waals surface area contributed by atoms with E-state index in [-0.39, 0.29) is 28.1 Å². The molecule has 2 aromatic carbocycles. The van der Waals surface area contributed by atoms with Crippen molar-refractivity contribution in [1.29, 1.82) is 0 Å². The number of nitrogens with zero attached hydrogens (tertiary/aromatic N) is 2. The number of sulfonamides is 1. The molecule has 0 aliphatic carbocycles. The number of halogens is 1. The summed E-state index contributed by atoms with van der Waals surface area (Å²) in [4.78, 5) is 12.2. The Kier molecular flexibility index (Phi) is 5.02. The lowest BCUT2D eigenvalue weighted by molar-refractivity contribution is 0.102. The van der Waals surface area contributed by atoms with Crippen LogP contribution in [0.3, 0.4) is 0 Å². The molecule has 0 aliphatic rings. The van der Waals surface area contributed by atoms with Crippen LogP contribution in [-0.4, -0.2) is 24.5 Å². The second-order valence-corrected chi connectivity index (χ2v) is 7.66. The molecule has 2 heterocycles. The summed E-state index contributed by atoms with van der Waals surface area (Å²) in [5, 5.41) is 9.93. The zero-order chi connectivity index (χ0) is 21.1. The van der Waals surface area contributed by atoms with Crippen molar-refractivity contribution >= 4 is 27.6 Å². The van der Waals surface area contributed by atoms with E-state index in [0.717, 1.165) is 24.3 Å². The number of benzene rings is 2. The van der Waals surface area contributed by atoms with Crippen LogP contribution in [0, 0.1) is 5.82 Å². The highest BCUT2D eigenvalue weighted by molar-refractivity contribution is 7.92. The van der Waals surface area contributed by atoms with Gasteiger partial charge in [-0.3, -0.25) is 14.8 Å². The van der Waals surface area contributed by atoms with Gasteiger partial charge in [0.25, 0.3) is 21.8 Å². The first-order valence-electron chi connectivity index (χ1n) is 8.48. The second kappa shape index (κ2) is 7.79. The molecule has 152 valence electrons. The van der Waals surface area contributed by atoms with Crippen molar-refractivity contribution in [2.75, 3.05) is 10.0 Å². The van der Waals surface area contributed by atoms with Gasteiger partial charge in [-0.25, -0.2) is 12.8 Å². The molecule has 0 unspecified atom stereocenters. The van der Waals surface area contributed by atoms with Crippen LogP contribution in [0.4, 0.5) is 16.1 Å². The molecule has 0 bridgehead atoms. The first kappa shape index (κ1) is 19.3. The quantitative estimate of drug-likeness (QED) is 0.481. The van der Waals surface area contributed by atoms with Gasteiger partial charge in [0.1, 0.15) is 5.82 Å². The Bertz CT molecular complexity index is 1270. The number of hydrogen-bond acceptors (Lipinski definition) is 7. The number of rotatable bonds is 6. The maximum Gasteiger partial charge on any atom is 0.322 e. The normalized spacial score (nSPS) is 11.2. The molecular formula is C19H13FN4O5S. The third-order valence-electron chi connectivity index (χ3n) is 3.90. The van der Waals surface area contributed by atoms with Crippen LogP contribution in [0.5, 0.6) is 0 Å². The van der Waals surface area contributed by atoms with E-state index in [4.69, 9.17) is 8.83 Å². The van der Waals surface area contributed by atoms with Crippen LogP contribution in [0.25, 0.3) is 11.7 Å². The summed E-state index contributed by atoms with van der Waals surface area (Å²) in [6.07, 6.45) is 1.45. The third kappa shape index (κ3) is 4.20. The summed E-state index contributed by atoms with van der Waals surface area (Å²) in [7, 11) is -3.89. The van der Waals surface area contributed by atoms with Crippen LogP contribution in [0.2, 0.25) is 0 Å². The molecule has 9 nitrogen and oxygen atoms in total. The first-order valence-corrected chi connectivity index (χ1v) is 9.96. The lowest BCUT2D eigenvalue weighted by atomic mass is 10.2. The summed E-state index contributed by atoms with van der Waals surface area (Å²) in [5.41, 5.74) is 0.464. The van der Waals surface area contributed by atoms with E-state index in [0.29, 0.717) is 5.76 Å². The summed E-state index contributed by atoms with van der Waals surface area (Å²) in [6, 6.07) is 13.2. The van der Waals surface area contributed by atoms with Crippen LogP contribution in [0.1, 0.15) is 10.4 Å². The fourth-order valence-corrected chi connectivity index (χ4v) is 3.52. The van der Waals surface area contributed by atoms with Crippen molar-refractivity contribution in [3.63, 3.8) is 0 Å². The predicted octanol–water partition coefficient (Wildman–Crippen LogP) is 3.52. The van der Waals surface area contributed by atoms with Gasteiger partial charge < -0.3 is 8.83 Å². The average Bonchev–Trinajstić information content (AvgIpc) is 3.40. The molecule has 0 spiro atoms. The fraction of sp³-hybridized carbons (Fsp3) is 0. The molecule has 2 aromatic heterocycles. The number of nitrogens with one attached hydrogen (secondary N) is 2. The minimum Gasteiger partial charge on any atom is -0.459 e. The van der Waals surface area contributed by atoms with Crippen molar-refractivity contribution < 1.29 is 26.4 Å². The lowest BCUT2D eigenvalue weighted by Gasteiger charge is -2.08. The third-order valence-corrected chi connectivity index (χ3v) is 5.30. The zero-order valence-electron chi connectivity index (χ0n) is 15.1. The Labute approximate surface area is 169 Å². The maximum atomic E-state index is 13.0. The van der Waals surface area contributed by atoms with E-state index in [1.54, 1.807) is 12.1 Å². The van der Waals surface area contributed by atoms with Crippen LogP contribution < -0.4 is 10.0 Å². The summed E-state index contributed by atoms with van der Waals surface area (Å²) < 4.78 is 50.4. The van der Waals surface area contributed by atoms with Gasteiger partial charge >= 0.3 is 6.01 Å². The molecule has 0 radical (unpaired) electrons. The molecule has 0 saturated heterocycles. The number of carbonyl (C=O) groups excluding carboxylic acids is 1. The molecule has 1 amide bonds. The molecular weight excluding hydrogens is 415 g/mol. The average molecular weight is 428 g/mol. The molecule has 0 aliphatic heterocycles. The second-order valence-electron chi connectivity index (χ2n) is 5.98. The minimum absolute atomic E-state index is 0.0884. The van der Waals surface area contributed by atoms with Gasteiger partial charge in [-0.15, -0.1) is 5.10 Å². The molecule has 0 atom stereocenters. The number of carbonyl (C=O) groups is 1. The summed E-state index contributed by atoms with van der Waals surface area (Å²) in [6.45, 7) is 0. The molecule has 0 fully saturated rings. The van der Waals surface area contributed by atoms with E-state index in [2.05, 4.69) is 20.2 Å². The SMILES string of the molecule is O=C(Nc1nnc(-c2ccco2)o1)c1ccc(NS(=O)(=O)c2ccc(F)cc2)cc1. The Morgan fingerprint density at radius 1 is 0.967 bits per heavy atom. The van der Waals surface area contributed by atoms with Crippen LogP contribution in [-0.2, 0) is 10.0 Å². The monoisotopic (exact) mass is 428 g/mol. The minimum atomic E-state index is -3.89. The summed E-state index contributed by atoms with van der Waals surface area (Å²) >= 11 is 0. The molecule has 30 heavy (non-hydrogen) atoms. The van der Waals surface area contributed by atoms with Crippen LogP contribution in [0.15, 0.2) is 80.7 Å². The van der Waals surface area contributed by atoms with Gasteiger partial charge in [-0.2, -0.15) is 0 Å². The Balaban J connectivity index is 1.43. The molecule has 4 aromatic rings. The topological polar surface area (TPSA) is 127 Å². The standard InChI is InChI=1S/C19H13FN4O5S/c20-13-5-9-15(10-6-13)30(26,27)24-14-7-3-12(4-8-14)17(25)21-19-23-22-18(29-19)16-2-1-11-28-16/h1-11,24H,(H,21,23,25). The van der Waals surface area contributed by atoms with Gasteiger partial charge in [0.05, 0.1) is 11.2 Å². The lowest BCUT2D eigenvalue weighted by Crippen LogP contribution is -2.14. The van der Waals surface area contributed by atoms with Crippen molar-refractivity contribution in [1.82, 2.24) is 10.2 Å². The number of aromatic nitrogens is 2. The Hall–Kier alpha value is -3.99. The van der Waals surface area contributed by atoms with Gasteiger partial charge in [0.2, 0.25) is 0 Å². The highest BCUT2D eigenvalue weighted by Crippen LogP contribution is 2.21. The number of hydrogen-bond donors (Lipinski definition) is 2. The largest absolute Gasteiger partial charge is 0.459 e. The van der Waals surface area contributed by atoms with Gasteiger partial charge in [-0.05, 0) is 60.7 Å². The zero-order valence-corrected chi connectivity index (χ0v) is 15.9. The summed E-state index contributed by atoms with van der Waals surface area (Å²) in [5.74, 6) is -0.596. The van der Waals surface area contributed by atoms with E-state index in [1.807, 2.05) is 0 Å². The number of furan rings is 1. The Morgan fingerprint density at radius 3 is 2.37 bits per heavy atom. The van der Waals surface area contributed by atoms with E-state index < -0.39 is 21.7 Å². The van der Waals surface area contributed by atoms with Gasteiger partial charge in [-0.1, -0.05) is 5.10 Å². The highest BCUT2D eigenvalue weighted by Gasteiger charge is 2.16. The van der Waals surface area contributed by atoms with Gasteiger partial charge in [0.15, 0.2) is 5.76 Å². The molecule has 0 saturated carbocycles. The van der Waals surface area contributed by atoms with E-state index in [9.17, 15) is 17.6 Å². The van der Waals surface area contributed by atoms with Gasteiger partial charge in [0, 0.05) is 11.3 Å². The van der Waals surface area contributed by atoms with Crippen LogP contribution >= 0.6 is 0 Å².